The van der Waals surface area contributed by atoms with Crippen molar-refractivity contribution in [3.63, 3.8) is 0 Å². The maximum absolute atomic E-state index is 14.9. The number of benzene rings is 3. The van der Waals surface area contributed by atoms with Crippen LogP contribution in [0.25, 0.3) is 10.2 Å². The summed E-state index contributed by atoms with van der Waals surface area (Å²) in [4.78, 5) is 31.7. The smallest absolute Gasteiger partial charge is 0.296 e. The van der Waals surface area contributed by atoms with Crippen molar-refractivity contribution in [2.45, 2.75) is 6.04 Å². The van der Waals surface area contributed by atoms with E-state index in [1.54, 1.807) is 36.4 Å². The van der Waals surface area contributed by atoms with Gasteiger partial charge in [0.25, 0.3) is 5.91 Å². The van der Waals surface area contributed by atoms with Crippen LogP contribution in [0.1, 0.15) is 11.6 Å². The lowest BCUT2D eigenvalue weighted by Gasteiger charge is -2.24. The summed E-state index contributed by atoms with van der Waals surface area (Å²) in [5, 5.41) is 10.8. The number of hydrogen-bond acceptors (Lipinski definition) is 6. The van der Waals surface area contributed by atoms with E-state index in [0.717, 1.165) is 16.2 Å². The van der Waals surface area contributed by atoms with Crippen LogP contribution in [0.15, 0.2) is 84.1 Å². The number of carbonyl (C=O) groups is 2. The normalized spacial score (nSPS) is 15.9. The van der Waals surface area contributed by atoms with Crippen LogP contribution in [-0.2, 0) is 9.59 Å². The predicted octanol–water partition coefficient (Wildman–Crippen LogP) is 5.12. The zero-order valence-corrected chi connectivity index (χ0v) is 18.3. The average Bonchev–Trinajstić information content (AvgIpc) is 3.36. The van der Waals surface area contributed by atoms with Gasteiger partial charge in [0.1, 0.15) is 23.4 Å². The van der Waals surface area contributed by atoms with Crippen molar-refractivity contribution in [3.05, 3.63) is 101 Å². The molecule has 2 heterocycles. The summed E-state index contributed by atoms with van der Waals surface area (Å²) in [6.45, 7) is -0.472. The number of aliphatic hydroxyl groups is 1. The van der Waals surface area contributed by atoms with E-state index in [4.69, 9.17) is 4.74 Å². The second-order valence-corrected chi connectivity index (χ2v) is 8.50. The topological polar surface area (TPSA) is 79.7 Å². The lowest BCUT2D eigenvalue weighted by Crippen LogP contribution is -2.32. The van der Waals surface area contributed by atoms with Crippen molar-refractivity contribution in [1.82, 2.24) is 4.98 Å². The van der Waals surface area contributed by atoms with Crippen LogP contribution in [0.5, 0.6) is 5.75 Å². The summed E-state index contributed by atoms with van der Waals surface area (Å²) in [5.74, 6) is -3.11. The van der Waals surface area contributed by atoms with E-state index in [9.17, 15) is 23.5 Å². The highest BCUT2D eigenvalue weighted by atomic mass is 32.1. The van der Waals surface area contributed by atoms with Gasteiger partial charge in [-0.3, -0.25) is 14.5 Å². The van der Waals surface area contributed by atoms with Crippen LogP contribution in [0, 0.1) is 11.6 Å². The lowest BCUT2D eigenvalue weighted by molar-refractivity contribution is -0.119. The molecule has 1 amide bonds. The minimum absolute atomic E-state index is 0.00778. The highest BCUT2D eigenvalue weighted by Crippen LogP contribution is 2.44. The second kappa shape index (κ2) is 8.68. The molecule has 1 aliphatic heterocycles. The first kappa shape index (κ1) is 21.7. The predicted molar refractivity (Wildman–Crippen MR) is 123 cm³/mol. The summed E-state index contributed by atoms with van der Waals surface area (Å²) in [5.41, 5.74) is 0.137. The summed E-state index contributed by atoms with van der Waals surface area (Å²) in [6.07, 6.45) is 0. The minimum Gasteiger partial charge on any atom is -0.503 e. The molecule has 1 aliphatic rings. The molecule has 0 spiro atoms. The maximum atomic E-state index is 14.9. The van der Waals surface area contributed by atoms with E-state index in [-0.39, 0.29) is 16.3 Å². The standard InChI is InChI=1S/C25H16F2N2O4S/c26-14-10-11-18-20(12-14)34-25(28-18)29-22(16-8-4-5-9-17(16)27)21(23(31)24(29)32)19(30)13-33-15-6-2-1-3-7-15/h1-12,22,31H,13H2. The van der Waals surface area contributed by atoms with Gasteiger partial charge in [-0.25, -0.2) is 13.8 Å². The van der Waals surface area contributed by atoms with Crippen molar-refractivity contribution in [3.8, 4) is 5.75 Å². The molecular formula is C25H16F2N2O4S. The number of ketones is 1. The molecule has 9 heteroatoms. The fraction of sp³-hybridized carbons (Fsp3) is 0.0800. The molecule has 1 aromatic heterocycles. The number of nitrogens with zero attached hydrogens (tertiary/aromatic N) is 2. The molecular weight excluding hydrogens is 462 g/mol. The van der Waals surface area contributed by atoms with E-state index in [0.29, 0.717) is 16.0 Å². The molecule has 0 bridgehead atoms. The van der Waals surface area contributed by atoms with E-state index < -0.39 is 41.7 Å². The number of thiazole rings is 1. The third-order valence-electron chi connectivity index (χ3n) is 5.37. The quantitative estimate of drug-likeness (QED) is 0.416. The Morgan fingerprint density at radius 2 is 1.79 bits per heavy atom. The Labute approximate surface area is 196 Å². The summed E-state index contributed by atoms with van der Waals surface area (Å²) < 4.78 is 34.5. The third-order valence-corrected chi connectivity index (χ3v) is 6.38. The third kappa shape index (κ3) is 3.80. The van der Waals surface area contributed by atoms with Gasteiger partial charge in [-0.05, 0) is 36.4 Å². The van der Waals surface area contributed by atoms with Gasteiger partial charge in [0.05, 0.1) is 15.8 Å². The van der Waals surface area contributed by atoms with Gasteiger partial charge in [0.15, 0.2) is 17.5 Å². The number of para-hydroxylation sites is 1. The first-order valence-electron chi connectivity index (χ1n) is 10.2. The molecule has 6 nitrogen and oxygen atoms in total. The number of ether oxygens (including phenoxy) is 1. The molecule has 0 aliphatic carbocycles. The highest BCUT2D eigenvalue weighted by molar-refractivity contribution is 7.22. The van der Waals surface area contributed by atoms with Crippen LogP contribution >= 0.6 is 11.3 Å². The van der Waals surface area contributed by atoms with Crippen LogP contribution in [0.2, 0.25) is 0 Å². The van der Waals surface area contributed by atoms with Crippen LogP contribution in [0.3, 0.4) is 0 Å². The Morgan fingerprint density at radius 1 is 1.06 bits per heavy atom. The minimum atomic E-state index is -1.27. The Bertz CT molecular complexity index is 1450. The summed E-state index contributed by atoms with van der Waals surface area (Å²) >= 11 is 0.994. The molecule has 1 unspecified atom stereocenters. The van der Waals surface area contributed by atoms with Crippen LogP contribution in [0.4, 0.5) is 13.9 Å². The van der Waals surface area contributed by atoms with Crippen molar-refractivity contribution in [2.24, 2.45) is 0 Å². The monoisotopic (exact) mass is 478 g/mol. The Hall–Kier alpha value is -4.11. The number of aliphatic hydroxyl groups excluding tert-OH is 1. The molecule has 0 saturated carbocycles. The zero-order valence-electron chi connectivity index (χ0n) is 17.4. The van der Waals surface area contributed by atoms with Crippen molar-refractivity contribution < 1.29 is 28.2 Å². The fourth-order valence-electron chi connectivity index (χ4n) is 3.81. The van der Waals surface area contributed by atoms with Crippen molar-refractivity contribution >= 4 is 38.4 Å². The second-order valence-electron chi connectivity index (χ2n) is 7.49. The average molecular weight is 478 g/mol. The van der Waals surface area contributed by atoms with Gasteiger partial charge in [-0.2, -0.15) is 0 Å². The van der Waals surface area contributed by atoms with Crippen LogP contribution < -0.4 is 9.64 Å². The van der Waals surface area contributed by atoms with Gasteiger partial charge in [0, 0.05) is 5.56 Å². The summed E-state index contributed by atoms with van der Waals surface area (Å²) in [6, 6.07) is 16.9. The molecule has 0 radical (unpaired) electrons. The van der Waals surface area contributed by atoms with E-state index in [1.165, 1.54) is 36.4 Å². The maximum Gasteiger partial charge on any atom is 0.296 e. The van der Waals surface area contributed by atoms with Crippen molar-refractivity contribution in [2.75, 3.05) is 11.5 Å². The van der Waals surface area contributed by atoms with Gasteiger partial charge in [0.2, 0.25) is 5.78 Å². The molecule has 1 atom stereocenters. The number of aromatic nitrogens is 1. The van der Waals surface area contributed by atoms with E-state index in [1.807, 2.05) is 0 Å². The molecule has 0 fully saturated rings. The largest absolute Gasteiger partial charge is 0.503 e. The van der Waals surface area contributed by atoms with Gasteiger partial charge >= 0.3 is 0 Å². The Balaban J connectivity index is 1.57. The molecule has 3 aromatic carbocycles. The first-order chi connectivity index (χ1) is 16.4. The number of fused-ring (bicyclic) bond motifs is 1. The Kier molecular flexibility index (Phi) is 5.54. The van der Waals surface area contributed by atoms with Gasteiger partial charge < -0.3 is 9.84 Å². The fourth-order valence-corrected chi connectivity index (χ4v) is 4.83. The van der Waals surface area contributed by atoms with Gasteiger partial charge in [-0.1, -0.05) is 47.7 Å². The van der Waals surface area contributed by atoms with Gasteiger partial charge in [-0.15, -0.1) is 0 Å². The SMILES string of the molecule is O=C(COc1ccccc1)C1=C(O)C(=O)N(c2nc3ccc(F)cc3s2)C1c1ccccc1F. The molecule has 34 heavy (non-hydrogen) atoms. The number of Topliss-reactive ketones (excluding diaryl/α,β-unsaturated/α-hetero) is 1. The van der Waals surface area contributed by atoms with E-state index >= 15 is 0 Å². The molecule has 1 N–H and O–H groups in total. The number of carbonyl (C=O) groups excluding carboxylic acids is 2. The number of halogens is 2. The zero-order chi connectivity index (χ0) is 23.8. The molecule has 0 saturated heterocycles. The molecule has 4 aromatic rings. The number of hydrogen-bond donors (Lipinski definition) is 1. The van der Waals surface area contributed by atoms with Crippen molar-refractivity contribution in [1.29, 1.82) is 0 Å². The molecule has 170 valence electrons. The van der Waals surface area contributed by atoms with Crippen LogP contribution in [-0.4, -0.2) is 28.4 Å². The number of anilines is 1. The molecule has 5 rings (SSSR count). The number of amides is 1. The lowest BCUT2D eigenvalue weighted by atomic mass is 9.96. The number of rotatable bonds is 6. The summed E-state index contributed by atoms with van der Waals surface area (Å²) in [7, 11) is 0. The first-order valence-corrected chi connectivity index (χ1v) is 11.0. The highest BCUT2D eigenvalue weighted by Gasteiger charge is 2.46. The van der Waals surface area contributed by atoms with E-state index in [2.05, 4.69) is 4.98 Å². The Morgan fingerprint density at radius 3 is 2.56 bits per heavy atom.